The molecule has 2 aromatic rings. The molecule has 19 heavy (non-hydrogen) atoms. The molecule has 0 fully saturated rings. The fourth-order valence-electron chi connectivity index (χ4n) is 1.43. The summed E-state index contributed by atoms with van der Waals surface area (Å²) in [5.41, 5.74) is 0.587. The van der Waals surface area contributed by atoms with Gasteiger partial charge in [-0.3, -0.25) is 14.2 Å². The Hall–Kier alpha value is -0.690. The molecule has 2 heterocycles. The number of aryl methyl sites for hydroxylation is 1. The number of aromatic nitrogens is 2. The van der Waals surface area contributed by atoms with E-state index in [2.05, 4.69) is 20.9 Å². The zero-order valence-corrected chi connectivity index (χ0v) is 13.5. The Labute approximate surface area is 131 Å². The molecule has 0 aliphatic rings. The lowest BCUT2D eigenvalue weighted by Crippen LogP contribution is -2.25. The van der Waals surface area contributed by atoms with Crippen molar-refractivity contribution >= 4 is 56.3 Å². The van der Waals surface area contributed by atoms with E-state index in [-0.39, 0.29) is 17.9 Å². The van der Waals surface area contributed by atoms with E-state index in [1.54, 1.807) is 6.92 Å². The molecule has 0 aliphatic carbocycles. The quantitative estimate of drug-likeness (QED) is 0.763. The van der Waals surface area contributed by atoms with Gasteiger partial charge >= 0.3 is 0 Å². The van der Waals surface area contributed by atoms with Crippen LogP contribution >= 0.6 is 50.5 Å². The summed E-state index contributed by atoms with van der Waals surface area (Å²) in [7, 11) is 0. The van der Waals surface area contributed by atoms with Crippen LogP contribution in [-0.4, -0.2) is 15.3 Å². The largest absolute Gasteiger partial charge is 0.292 e. The van der Waals surface area contributed by atoms with Gasteiger partial charge in [-0.2, -0.15) is 0 Å². The third kappa shape index (κ3) is 3.08. The fraction of sp³-hybridized carbons (Fsp3) is 0.182. The van der Waals surface area contributed by atoms with Gasteiger partial charge < -0.3 is 0 Å². The first kappa shape index (κ1) is 14.7. The number of rotatable bonds is 3. The van der Waals surface area contributed by atoms with Crippen LogP contribution in [0.5, 0.6) is 0 Å². The summed E-state index contributed by atoms with van der Waals surface area (Å²) < 4.78 is 2.32. The van der Waals surface area contributed by atoms with Crippen molar-refractivity contribution in [1.29, 1.82) is 0 Å². The highest BCUT2D eigenvalue weighted by Crippen LogP contribution is 2.31. The van der Waals surface area contributed by atoms with Crippen LogP contribution in [0.1, 0.15) is 16.1 Å². The van der Waals surface area contributed by atoms with Crippen molar-refractivity contribution < 1.29 is 4.79 Å². The molecule has 0 bridgehead atoms. The van der Waals surface area contributed by atoms with Gasteiger partial charge in [0.2, 0.25) is 0 Å². The van der Waals surface area contributed by atoms with Gasteiger partial charge in [0.05, 0.1) is 28.5 Å². The Bertz CT molecular complexity index is 711. The zero-order chi connectivity index (χ0) is 14.2. The van der Waals surface area contributed by atoms with Gasteiger partial charge in [-0.1, -0.05) is 23.2 Å². The van der Waals surface area contributed by atoms with Crippen molar-refractivity contribution in [2.24, 2.45) is 0 Å². The van der Waals surface area contributed by atoms with Crippen LogP contribution < -0.4 is 5.56 Å². The monoisotopic (exact) mass is 380 g/mol. The van der Waals surface area contributed by atoms with E-state index in [9.17, 15) is 9.59 Å². The standard InChI is InChI=1S/C11H7BrCl2N2O2S/c1-5-9(12)11(18)16(4-15-5)3-7(17)6-2-8(13)19-10(6)14/h2,4H,3H2,1H3. The maximum Gasteiger partial charge on any atom is 0.268 e. The van der Waals surface area contributed by atoms with E-state index < -0.39 is 0 Å². The first-order valence-corrected chi connectivity index (χ1v) is 7.46. The van der Waals surface area contributed by atoms with Crippen LogP contribution in [0.25, 0.3) is 0 Å². The predicted molar refractivity (Wildman–Crippen MR) is 79.6 cm³/mol. The molecule has 0 unspecified atom stereocenters. The van der Waals surface area contributed by atoms with Crippen molar-refractivity contribution in [2.45, 2.75) is 13.5 Å². The zero-order valence-electron chi connectivity index (χ0n) is 9.61. The maximum atomic E-state index is 12.1. The van der Waals surface area contributed by atoms with Crippen LogP contribution in [0.2, 0.25) is 8.67 Å². The smallest absolute Gasteiger partial charge is 0.268 e. The summed E-state index contributed by atoms with van der Waals surface area (Å²) >= 11 is 15.9. The van der Waals surface area contributed by atoms with E-state index in [4.69, 9.17) is 23.2 Å². The second kappa shape index (κ2) is 5.75. The summed E-state index contributed by atoms with van der Waals surface area (Å²) in [4.78, 5) is 28.0. The van der Waals surface area contributed by atoms with E-state index in [0.717, 1.165) is 11.3 Å². The summed E-state index contributed by atoms with van der Waals surface area (Å²) in [6.07, 6.45) is 1.34. The van der Waals surface area contributed by atoms with E-state index >= 15 is 0 Å². The third-order valence-electron chi connectivity index (χ3n) is 2.43. The lowest BCUT2D eigenvalue weighted by Gasteiger charge is -2.05. The highest BCUT2D eigenvalue weighted by atomic mass is 79.9. The molecule has 0 amide bonds. The number of thiophene rings is 1. The highest BCUT2D eigenvalue weighted by molar-refractivity contribution is 9.10. The second-order valence-corrected chi connectivity index (χ2v) is 6.82. The minimum absolute atomic E-state index is 0.127. The molecule has 0 aromatic carbocycles. The third-order valence-corrected chi connectivity index (χ3v) is 4.83. The van der Waals surface area contributed by atoms with Crippen LogP contribution in [0.3, 0.4) is 0 Å². The Kier molecular flexibility index (Phi) is 4.45. The second-order valence-electron chi connectivity index (χ2n) is 3.74. The van der Waals surface area contributed by atoms with E-state index in [1.807, 2.05) is 0 Å². The number of halogens is 3. The van der Waals surface area contributed by atoms with Gasteiger partial charge in [0.25, 0.3) is 5.56 Å². The Morgan fingerprint density at radius 2 is 2.21 bits per heavy atom. The average molecular weight is 382 g/mol. The number of hydrogen-bond acceptors (Lipinski definition) is 4. The number of carbonyl (C=O) groups is 1. The topological polar surface area (TPSA) is 52.0 Å². The molecule has 100 valence electrons. The first-order chi connectivity index (χ1) is 8.90. The van der Waals surface area contributed by atoms with Crippen LogP contribution in [0.4, 0.5) is 0 Å². The molecule has 0 radical (unpaired) electrons. The predicted octanol–water partition coefficient (Wildman–Crippen LogP) is 3.57. The Morgan fingerprint density at radius 3 is 2.79 bits per heavy atom. The number of hydrogen-bond donors (Lipinski definition) is 0. The molecule has 0 spiro atoms. The van der Waals surface area contributed by atoms with Crippen molar-refractivity contribution in [1.82, 2.24) is 9.55 Å². The molecular formula is C11H7BrCl2N2O2S. The SMILES string of the molecule is Cc1ncn(CC(=O)c2cc(Cl)sc2Cl)c(=O)c1Br. The molecule has 0 N–H and O–H groups in total. The number of Topliss-reactive ketones (excluding diaryl/α,β-unsaturated/α-hetero) is 1. The molecule has 0 saturated heterocycles. The number of nitrogens with zero attached hydrogens (tertiary/aromatic N) is 2. The van der Waals surface area contributed by atoms with Crippen LogP contribution in [-0.2, 0) is 6.54 Å². The van der Waals surface area contributed by atoms with Gasteiger partial charge in [0.1, 0.15) is 8.81 Å². The van der Waals surface area contributed by atoms with Crippen molar-refractivity contribution in [3.8, 4) is 0 Å². The minimum Gasteiger partial charge on any atom is -0.292 e. The summed E-state index contributed by atoms with van der Waals surface area (Å²) in [5, 5.41) is 0. The minimum atomic E-state index is -0.307. The molecule has 0 aliphatic heterocycles. The summed E-state index contributed by atoms with van der Waals surface area (Å²) in [6, 6.07) is 1.50. The van der Waals surface area contributed by atoms with Gasteiger partial charge in [0.15, 0.2) is 5.78 Å². The Balaban J connectivity index is 2.32. The summed E-state index contributed by atoms with van der Waals surface area (Å²) in [5.74, 6) is -0.284. The molecule has 2 rings (SSSR count). The molecular weight excluding hydrogens is 375 g/mol. The van der Waals surface area contributed by atoms with Crippen molar-refractivity contribution in [3.63, 3.8) is 0 Å². The van der Waals surface area contributed by atoms with Gasteiger partial charge in [-0.05, 0) is 28.9 Å². The van der Waals surface area contributed by atoms with Crippen molar-refractivity contribution in [3.05, 3.63) is 47.2 Å². The molecule has 4 nitrogen and oxygen atoms in total. The molecule has 2 aromatic heterocycles. The molecule has 0 saturated carbocycles. The van der Waals surface area contributed by atoms with Gasteiger partial charge in [0, 0.05) is 0 Å². The van der Waals surface area contributed by atoms with Gasteiger partial charge in [-0.25, -0.2) is 4.98 Å². The highest BCUT2D eigenvalue weighted by Gasteiger charge is 2.16. The summed E-state index contributed by atoms with van der Waals surface area (Å²) in [6.45, 7) is 1.57. The van der Waals surface area contributed by atoms with Crippen molar-refractivity contribution in [2.75, 3.05) is 0 Å². The van der Waals surface area contributed by atoms with E-state index in [1.165, 1.54) is 17.0 Å². The Morgan fingerprint density at radius 1 is 1.53 bits per heavy atom. The fourth-order valence-corrected chi connectivity index (χ4v) is 3.26. The molecule has 0 atom stereocenters. The van der Waals surface area contributed by atoms with Crippen LogP contribution in [0.15, 0.2) is 21.7 Å². The average Bonchev–Trinajstić information content (AvgIpc) is 2.69. The molecule has 8 heteroatoms. The van der Waals surface area contributed by atoms with E-state index in [0.29, 0.717) is 24.4 Å². The maximum absolute atomic E-state index is 12.1. The normalized spacial score (nSPS) is 10.7. The van der Waals surface area contributed by atoms with Crippen LogP contribution in [0, 0.1) is 6.92 Å². The number of carbonyl (C=O) groups excluding carboxylic acids is 1. The number of ketones is 1. The lowest BCUT2D eigenvalue weighted by molar-refractivity contribution is 0.0971. The first-order valence-electron chi connectivity index (χ1n) is 5.09. The van der Waals surface area contributed by atoms with Gasteiger partial charge in [-0.15, -0.1) is 11.3 Å². The lowest BCUT2D eigenvalue weighted by atomic mass is 10.2.